The van der Waals surface area contributed by atoms with Gasteiger partial charge in [0, 0.05) is 31.6 Å². The molecule has 22 nitrogen and oxygen atoms in total. The summed E-state index contributed by atoms with van der Waals surface area (Å²) in [5.41, 5.74) is 3.96. The van der Waals surface area contributed by atoms with E-state index in [2.05, 4.69) is 33.5 Å². The molecule has 0 spiro atoms. The molecule has 22 heteroatoms. The Morgan fingerprint density at radius 1 is 0.679 bits per heavy atom. The van der Waals surface area contributed by atoms with Crippen molar-refractivity contribution in [3.05, 3.63) is 108 Å². The van der Waals surface area contributed by atoms with Crippen LogP contribution in [0.3, 0.4) is 0 Å². The maximum atomic E-state index is 14.7. The Labute approximate surface area is 490 Å². The molecule has 3 fully saturated rings. The third kappa shape index (κ3) is 16.7. The number of ether oxygens (including phenoxy) is 2. The molecule has 12 atom stereocenters. The molecule has 3 saturated heterocycles. The zero-order valence-corrected chi connectivity index (χ0v) is 48.6. The Morgan fingerprint density at radius 2 is 1.25 bits per heavy atom. The van der Waals surface area contributed by atoms with Crippen LogP contribution in [0.4, 0.5) is 0 Å². The summed E-state index contributed by atoms with van der Waals surface area (Å²) in [7, 11) is 3.65. The predicted molar refractivity (Wildman–Crippen MR) is 312 cm³/mol. The highest BCUT2D eigenvalue weighted by atomic mass is 16.5. The number of benzene rings is 4. The molecule has 0 aromatic heterocycles. The lowest BCUT2D eigenvalue weighted by atomic mass is 9.96. The fraction of sp³-hybridized carbons (Fsp3) is 0.500. The topological polar surface area (TPSA) is 309 Å². The predicted octanol–water partition coefficient (Wildman–Crippen LogP) is 2.75. The molecule has 84 heavy (non-hydrogen) atoms. The molecule has 4 aromatic rings. The number of fused-ring (bicyclic) bond motifs is 2. The van der Waals surface area contributed by atoms with Crippen molar-refractivity contribution in [2.75, 3.05) is 46.9 Å². The van der Waals surface area contributed by atoms with E-state index in [9.17, 15) is 59.1 Å². The summed E-state index contributed by atoms with van der Waals surface area (Å²) in [5, 5.41) is 68.5. The first-order valence-electron chi connectivity index (χ1n) is 29.0. The number of aromatic hydroxyl groups is 1. The summed E-state index contributed by atoms with van der Waals surface area (Å²) in [6, 6.07) is 18.5. The number of likely N-dealkylation sites (N-methyl/N-ethyl adjacent to an activating group) is 1. The lowest BCUT2D eigenvalue weighted by molar-refractivity contribution is -0.147. The highest BCUT2D eigenvalue weighted by molar-refractivity contribution is 6.00. The zero-order valence-electron chi connectivity index (χ0n) is 48.6. The second-order valence-corrected chi connectivity index (χ2v) is 22.5. The van der Waals surface area contributed by atoms with Crippen LogP contribution < -0.4 is 31.3 Å². The first kappa shape index (κ1) is 64.1. The van der Waals surface area contributed by atoms with Gasteiger partial charge >= 0.3 is 0 Å². The van der Waals surface area contributed by atoms with Crippen molar-refractivity contribution in [1.82, 2.24) is 41.3 Å². The fourth-order valence-electron chi connectivity index (χ4n) is 10.7. The standard InChI is InChI=1S/C62H82N8O14/c1-7-9-10-30-83-46-25-21-41(22-26-46)39-13-11-38(12-14-39)40-15-17-43(18-16-40)56(76)64-48-27-28-51(84-31-29-68(5)6)65-58(78)49-32-36(3)34-69(49)62(82)52(37(4)71)66-60(80)53(55(75)54(74)42-19-23-44(72)24-20-42)67-59(79)50-33-45(73)35-70(50)61(81)47(8-2)63-57(48)77/h11-26,36-37,45,47-55,71-75H,7-10,27-35H2,1-6H3,(H,63,77)(H,64,76)(H,65,78)(H,66,80)(H,67,79)/t36-,37-,45-,47+,48?,49+,50+,51?,52+,53+,54-,55+/m1/s1. The van der Waals surface area contributed by atoms with Crippen LogP contribution >= 0.6 is 0 Å². The molecule has 4 aromatic carbocycles. The van der Waals surface area contributed by atoms with Crippen LogP contribution in [0.1, 0.15) is 101 Å². The van der Waals surface area contributed by atoms with Gasteiger partial charge in [0.25, 0.3) is 5.91 Å². The van der Waals surface area contributed by atoms with Crippen molar-refractivity contribution in [3.63, 3.8) is 0 Å². The van der Waals surface area contributed by atoms with E-state index < -0.39 is 108 Å². The molecule has 454 valence electrons. The van der Waals surface area contributed by atoms with Crippen molar-refractivity contribution >= 4 is 41.4 Å². The lowest BCUT2D eigenvalue weighted by Crippen LogP contribution is -2.63. The maximum Gasteiger partial charge on any atom is 0.251 e. The molecule has 0 radical (unpaired) electrons. The first-order valence-corrected chi connectivity index (χ1v) is 29.0. The van der Waals surface area contributed by atoms with Gasteiger partial charge in [-0.2, -0.15) is 0 Å². The molecular formula is C62H82N8O14. The third-order valence-corrected chi connectivity index (χ3v) is 15.6. The van der Waals surface area contributed by atoms with Crippen LogP contribution in [-0.4, -0.2) is 189 Å². The van der Waals surface area contributed by atoms with E-state index in [1.807, 2.05) is 74.4 Å². The number of phenols is 1. The summed E-state index contributed by atoms with van der Waals surface area (Å²) in [4.78, 5) is 106. The van der Waals surface area contributed by atoms with Gasteiger partial charge in [-0.1, -0.05) is 94.3 Å². The monoisotopic (exact) mass is 1160 g/mol. The average Bonchev–Trinajstić information content (AvgIpc) is 3.65. The van der Waals surface area contributed by atoms with Gasteiger partial charge in [-0.25, -0.2) is 0 Å². The fourth-order valence-corrected chi connectivity index (χ4v) is 10.7. The molecule has 7 rings (SSSR count). The number of unbranched alkanes of at least 4 members (excludes halogenated alkanes) is 2. The number of phenolic OH excluding ortho intramolecular Hbond substituents is 1. The smallest absolute Gasteiger partial charge is 0.251 e. The average molecular weight is 1160 g/mol. The van der Waals surface area contributed by atoms with Gasteiger partial charge in [-0.05, 0) is 123 Å². The van der Waals surface area contributed by atoms with Gasteiger partial charge in [0.05, 0.1) is 25.4 Å². The maximum absolute atomic E-state index is 14.7. The van der Waals surface area contributed by atoms with Crippen molar-refractivity contribution in [2.45, 2.75) is 146 Å². The van der Waals surface area contributed by atoms with E-state index in [0.29, 0.717) is 13.2 Å². The van der Waals surface area contributed by atoms with E-state index in [1.54, 1.807) is 31.2 Å². The minimum absolute atomic E-state index is 0.0123. The quantitative estimate of drug-likeness (QED) is 0.0641. The molecule has 3 heterocycles. The number of aliphatic hydroxyl groups excluding tert-OH is 4. The second-order valence-electron chi connectivity index (χ2n) is 22.5. The third-order valence-electron chi connectivity index (χ3n) is 15.6. The van der Waals surface area contributed by atoms with Crippen LogP contribution in [0.15, 0.2) is 97.1 Å². The van der Waals surface area contributed by atoms with Gasteiger partial charge in [0.15, 0.2) is 0 Å². The Morgan fingerprint density at radius 3 is 1.85 bits per heavy atom. The molecule has 0 saturated carbocycles. The lowest BCUT2D eigenvalue weighted by Gasteiger charge is -2.34. The van der Waals surface area contributed by atoms with E-state index in [-0.39, 0.29) is 74.6 Å². The normalized spacial score (nSPS) is 25.1. The Balaban J connectivity index is 1.18. The Kier molecular flexibility index (Phi) is 22.8. The molecule has 3 aliphatic heterocycles. The zero-order chi connectivity index (χ0) is 60.8. The summed E-state index contributed by atoms with van der Waals surface area (Å²) in [6.07, 6.45) is -5.28. The number of nitrogens with zero attached hydrogens (tertiary/aromatic N) is 3. The Hall–Kier alpha value is -7.47. The largest absolute Gasteiger partial charge is 0.508 e. The SMILES string of the molecule is CCCCCOc1ccc(-c2ccc(-c3ccc(C(=O)NC4CCC(OCCN(C)C)NC(=O)[C@@H]5C[C@@H](C)CN5C(=O)[C@H]([C@@H](C)O)NC(=O)[C@H]([C@H](O)[C@H](O)c5ccc(O)cc5)NC(=O)[C@@H]5C[C@@H](O)CN5C(=O)[C@H](CC)NC4=O)cc3)cc2)cc1. The van der Waals surface area contributed by atoms with Crippen molar-refractivity contribution < 1.29 is 68.6 Å². The number of rotatable bonds is 18. The van der Waals surface area contributed by atoms with Gasteiger partial charge in [-0.15, -0.1) is 0 Å². The minimum Gasteiger partial charge on any atom is -0.508 e. The highest BCUT2D eigenvalue weighted by Gasteiger charge is 2.47. The number of hydrogen-bond donors (Lipinski definition) is 10. The summed E-state index contributed by atoms with van der Waals surface area (Å²) < 4.78 is 12.1. The second kappa shape index (κ2) is 29.9. The summed E-state index contributed by atoms with van der Waals surface area (Å²) in [5.74, 6) is -5.70. The van der Waals surface area contributed by atoms with Gasteiger partial charge < -0.3 is 76.3 Å². The molecule has 10 N–H and O–H groups in total. The molecule has 0 aliphatic carbocycles. The first-order chi connectivity index (χ1) is 40.1. The van der Waals surface area contributed by atoms with Crippen LogP contribution in [-0.2, 0) is 33.5 Å². The van der Waals surface area contributed by atoms with Crippen molar-refractivity contribution in [2.24, 2.45) is 5.92 Å². The number of carbonyl (C=O) groups excluding carboxylic acids is 7. The van der Waals surface area contributed by atoms with E-state index in [4.69, 9.17) is 9.47 Å². The van der Waals surface area contributed by atoms with Crippen LogP contribution in [0, 0.1) is 5.92 Å². The number of amides is 7. The highest BCUT2D eigenvalue weighted by Crippen LogP contribution is 2.30. The van der Waals surface area contributed by atoms with Gasteiger partial charge in [-0.3, -0.25) is 33.6 Å². The molecule has 2 unspecified atom stereocenters. The summed E-state index contributed by atoms with van der Waals surface area (Å²) in [6.45, 7) is 7.62. The number of hydrogen-bond acceptors (Lipinski definition) is 15. The van der Waals surface area contributed by atoms with Crippen LogP contribution in [0.2, 0.25) is 0 Å². The van der Waals surface area contributed by atoms with Gasteiger partial charge in [0.2, 0.25) is 35.4 Å². The summed E-state index contributed by atoms with van der Waals surface area (Å²) >= 11 is 0. The minimum atomic E-state index is -2.17. The number of carbonyl (C=O) groups is 7. The number of aliphatic hydroxyl groups is 4. The molecular weight excluding hydrogens is 1080 g/mol. The van der Waals surface area contributed by atoms with Gasteiger partial charge in [0.1, 0.15) is 66.2 Å². The van der Waals surface area contributed by atoms with E-state index in [0.717, 1.165) is 52.2 Å². The molecule has 3 aliphatic rings. The van der Waals surface area contributed by atoms with Crippen molar-refractivity contribution in [1.29, 1.82) is 0 Å². The van der Waals surface area contributed by atoms with Crippen LogP contribution in [0.5, 0.6) is 11.5 Å². The Bertz CT molecular complexity index is 2870. The van der Waals surface area contributed by atoms with Crippen LogP contribution in [0.25, 0.3) is 22.3 Å². The van der Waals surface area contributed by atoms with Crippen molar-refractivity contribution in [3.8, 4) is 33.8 Å². The number of nitrogens with one attached hydrogen (secondary N) is 5. The van der Waals surface area contributed by atoms with E-state index in [1.165, 1.54) is 36.1 Å². The molecule has 0 bridgehead atoms. The van der Waals surface area contributed by atoms with E-state index >= 15 is 0 Å². The molecule has 7 amide bonds.